The molecule has 12 aromatic rings. The van der Waals surface area contributed by atoms with Gasteiger partial charge in [-0.2, -0.15) is 15.8 Å². The third-order valence-corrected chi connectivity index (χ3v) is 22.4. The molecule has 17 rings (SSSR count). The maximum atomic E-state index is 15.1. The number of methoxy groups -OCH3 is 1. The molecule has 5 fully saturated rings. The van der Waals surface area contributed by atoms with Gasteiger partial charge in [-0.15, -0.1) is 0 Å². The zero-order chi connectivity index (χ0) is 84.0. The summed E-state index contributed by atoms with van der Waals surface area (Å²) in [5.41, 5.74) is 15.2. The Morgan fingerprint density at radius 3 is 1.11 bits per heavy atom. The van der Waals surface area contributed by atoms with Gasteiger partial charge in [0.2, 0.25) is 17.7 Å². The van der Waals surface area contributed by atoms with E-state index >= 15 is 4.39 Å². The van der Waals surface area contributed by atoms with E-state index in [1.807, 2.05) is 113 Å². The van der Waals surface area contributed by atoms with Gasteiger partial charge in [0.05, 0.1) is 78.6 Å². The number of ether oxygens (including phenoxy) is 6. The zero-order valence-electron chi connectivity index (χ0n) is 66.4. The van der Waals surface area contributed by atoms with Crippen molar-refractivity contribution in [1.82, 2.24) is 49.5 Å². The van der Waals surface area contributed by atoms with Crippen LogP contribution in [0, 0.1) is 39.8 Å². The number of anilines is 1. The Labute approximate surface area is 695 Å². The van der Waals surface area contributed by atoms with Crippen LogP contribution in [0.15, 0.2) is 176 Å². The van der Waals surface area contributed by atoms with Gasteiger partial charge >= 0.3 is 5.97 Å². The number of H-pyrrole nitrogens is 3. The third kappa shape index (κ3) is 18.7. The van der Waals surface area contributed by atoms with Crippen LogP contribution in [0.25, 0.3) is 100 Å². The molecule has 28 nitrogen and oxygen atoms in total. The van der Waals surface area contributed by atoms with Crippen molar-refractivity contribution in [1.29, 1.82) is 15.8 Å². The molecule has 6 N–H and O–H groups in total. The Morgan fingerprint density at radius 1 is 0.421 bits per heavy atom. The summed E-state index contributed by atoms with van der Waals surface area (Å²) in [5, 5.41) is 59.5. The number of rotatable bonds is 18. The van der Waals surface area contributed by atoms with Crippen LogP contribution >= 0.6 is 0 Å². The molecule has 0 aliphatic carbocycles. The summed E-state index contributed by atoms with van der Waals surface area (Å²) in [7, 11) is 1.35. The summed E-state index contributed by atoms with van der Waals surface area (Å²) in [5.74, 6) is -0.00638. The SMILES string of the molecule is COC(=O)c1ccc(-c2cc3c(-c4ccc(OC5CCN(C(=O)CO)CC5)c(C#N)c4)nccc3[nH]2)cc1.N#Cc1cc(-c2nccc3[nH]c(-c4ccc(C(=O)N5CCOCC5)cc4)cc23)ccc1OC1CCN(C(=O)CO)CC1.N#Cc1cc(-c2nccc3[nH]c(-c4ccc(N5CCOCC5)c(F)c4)cc23)ccc1OC1CCN(C(=O)CO)CC1. The normalized spacial score (nSPS) is 15.3. The highest BCUT2D eigenvalue weighted by molar-refractivity contribution is 6.00. The van der Waals surface area contributed by atoms with Crippen LogP contribution in [-0.4, -0.2) is 232 Å². The summed E-state index contributed by atoms with van der Waals surface area (Å²) in [6.07, 6.45) is 8.58. The predicted molar refractivity (Wildman–Crippen MR) is 448 cm³/mol. The van der Waals surface area contributed by atoms with Gasteiger partial charge in [-0.3, -0.25) is 34.1 Å². The molecule has 4 amide bonds. The van der Waals surface area contributed by atoms with Gasteiger partial charge in [0.1, 0.15) is 79.4 Å². The highest BCUT2D eigenvalue weighted by Gasteiger charge is 2.30. The van der Waals surface area contributed by atoms with Crippen molar-refractivity contribution in [2.24, 2.45) is 0 Å². The van der Waals surface area contributed by atoms with Gasteiger partial charge in [0.15, 0.2) is 0 Å². The minimum atomic E-state index is -0.493. The van der Waals surface area contributed by atoms with Gasteiger partial charge in [0, 0.05) is 200 Å². The number of fused-ring (bicyclic) bond motifs is 3. The number of piperidine rings is 3. The minimum Gasteiger partial charge on any atom is -0.489 e. The van der Waals surface area contributed by atoms with Crippen molar-refractivity contribution in [3.05, 3.63) is 210 Å². The Hall–Kier alpha value is -13.9. The number of carbonyl (C=O) groups excluding carboxylic acids is 5. The number of aromatic nitrogens is 6. The molecule has 6 aromatic heterocycles. The van der Waals surface area contributed by atoms with Gasteiger partial charge in [0.25, 0.3) is 5.91 Å². The molecule has 0 atom stereocenters. The van der Waals surface area contributed by atoms with Crippen LogP contribution in [0.4, 0.5) is 10.1 Å². The molecule has 11 heterocycles. The molecule has 29 heteroatoms. The molecule has 121 heavy (non-hydrogen) atoms. The zero-order valence-corrected chi connectivity index (χ0v) is 66.4. The number of halogens is 1. The Kier molecular flexibility index (Phi) is 25.7. The van der Waals surface area contributed by atoms with Crippen molar-refractivity contribution in [2.75, 3.05) is 124 Å². The van der Waals surface area contributed by atoms with E-state index in [4.69, 9.17) is 43.7 Å². The first-order valence-electron chi connectivity index (χ1n) is 40.1. The molecular formula is C92H87FN14O14. The van der Waals surface area contributed by atoms with Crippen LogP contribution in [-0.2, 0) is 28.6 Å². The van der Waals surface area contributed by atoms with Gasteiger partial charge in [-0.25, -0.2) is 9.18 Å². The predicted octanol–water partition coefficient (Wildman–Crippen LogP) is 11.6. The quantitative estimate of drug-likeness (QED) is 0.0435. The fraction of sp³-hybridized carbons (Fsp3) is 0.293. The molecule has 5 aliphatic rings. The maximum Gasteiger partial charge on any atom is 0.337 e. The highest BCUT2D eigenvalue weighted by atomic mass is 19.1. The number of nitrogens with zero attached hydrogens (tertiary/aromatic N) is 11. The number of aromatic amines is 3. The van der Waals surface area contributed by atoms with E-state index in [-0.39, 0.29) is 53.7 Å². The maximum absolute atomic E-state index is 15.1. The molecule has 5 aliphatic heterocycles. The van der Waals surface area contributed by atoms with Crippen LogP contribution in [0.2, 0.25) is 0 Å². The first-order chi connectivity index (χ1) is 59.1. The number of morpholine rings is 2. The Balaban J connectivity index is 0.000000141. The van der Waals surface area contributed by atoms with Crippen LogP contribution in [0.1, 0.15) is 75.9 Å². The molecule has 0 radical (unpaired) electrons. The van der Waals surface area contributed by atoms with Crippen LogP contribution in [0.5, 0.6) is 17.2 Å². The average Bonchev–Trinajstić information content (AvgIpc) is 1.63. The second kappa shape index (κ2) is 37.8. The molecule has 0 unspecified atom stereocenters. The number of nitrogens with one attached hydrogen (secondary N) is 3. The first-order valence-corrected chi connectivity index (χ1v) is 40.1. The summed E-state index contributed by atoms with van der Waals surface area (Å²) in [6, 6.07) is 54.8. The van der Waals surface area contributed by atoms with Crippen molar-refractivity contribution in [3.63, 3.8) is 0 Å². The summed E-state index contributed by atoms with van der Waals surface area (Å²) < 4.78 is 49.1. The number of nitriles is 3. The highest BCUT2D eigenvalue weighted by Crippen LogP contribution is 2.39. The largest absolute Gasteiger partial charge is 0.489 e. The number of hydrogen-bond acceptors (Lipinski definition) is 21. The van der Waals surface area contributed by atoms with Crippen molar-refractivity contribution in [3.8, 4) is 103 Å². The summed E-state index contributed by atoms with van der Waals surface area (Å²) >= 11 is 0. The lowest BCUT2D eigenvalue weighted by Crippen LogP contribution is -2.42. The molecule has 0 bridgehead atoms. The van der Waals surface area contributed by atoms with Crippen LogP contribution in [0.3, 0.4) is 0 Å². The fourth-order valence-corrected chi connectivity index (χ4v) is 15.8. The van der Waals surface area contributed by atoms with E-state index in [0.29, 0.717) is 187 Å². The van der Waals surface area contributed by atoms with E-state index in [2.05, 4.69) is 48.1 Å². The van der Waals surface area contributed by atoms with Crippen molar-refractivity contribution < 1.29 is 72.1 Å². The second-order valence-corrected chi connectivity index (χ2v) is 29.8. The first kappa shape index (κ1) is 82.2. The molecule has 0 spiro atoms. The average molecular weight is 1630 g/mol. The number of esters is 1. The lowest BCUT2D eigenvalue weighted by molar-refractivity contribution is -0.136. The number of hydrogen-bond donors (Lipinski definition) is 6. The van der Waals surface area contributed by atoms with E-state index in [0.717, 1.165) is 94.6 Å². The minimum absolute atomic E-state index is 0.0102. The Morgan fingerprint density at radius 2 is 0.760 bits per heavy atom. The third-order valence-electron chi connectivity index (χ3n) is 22.4. The lowest BCUT2D eigenvalue weighted by atomic mass is 10.0. The number of carbonyl (C=O) groups is 5. The molecule has 5 saturated heterocycles. The van der Waals surface area contributed by atoms with Gasteiger partial charge in [-0.1, -0.05) is 30.3 Å². The van der Waals surface area contributed by atoms with E-state index < -0.39 is 19.8 Å². The van der Waals surface area contributed by atoms with Crippen molar-refractivity contribution in [2.45, 2.75) is 56.8 Å². The topological polar surface area (TPSA) is 375 Å². The fourth-order valence-electron chi connectivity index (χ4n) is 15.8. The van der Waals surface area contributed by atoms with E-state index in [1.54, 1.807) is 87.9 Å². The van der Waals surface area contributed by atoms with Gasteiger partial charge in [-0.05, 0) is 139 Å². The van der Waals surface area contributed by atoms with Crippen molar-refractivity contribution >= 4 is 68.0 Å². The number of pyridine rings is 3. The number of likely N-dealkylation sites (tertiary alicyclic amines) is 3. The number of amides is 4. The molecule has 6 aromatic carbocycles. The summed E-state index contributed by atoms with van der Waals surface area (Å²) in [6.45, 7) is 6.43. The number of aliphatic hydroxyl groups excluding tert-OH is 3. The van der Waals surface area contributed by atoms with E-state index in [1.165, 1.54) is 7.11 Å². The number of aliphatic hydroxyl groups is 3. The van der Waals surface area contributed by atoms with Gasteiger partial charge < -0.3 is 83.2 Å². The smallest absolute Gasteiger partial charge is 0.337 e. The Bertz CT molecular complexity index is 5930. The monoisotopic (exact) mass is 1630 g/mol. The second-order valence-electron chi connectivity index (χ2n) is 29.8. The number of benzene rings is 6. The van der Waals surface area contributed by atoms with E-state index in [9.17, 15) is 39.8 Å². The molecular weight excluding hydrogens is 1540 g/mol. The lowest BCUT2D eigenvalue weighted by Gasteiger charge is -2.32. The molecule has 0 saturated carbocycles. The summed E-state index contributed by atoms with van der Waals surface area (Å²) in [4.78, 5) is 92.5. The standard InChI is InChI=1S/C32H31N5O5.C31H30FN5O4.C29H26N4O5/c33-19-24-17-23(5-6-29(24)42-25-8-11-36(12-9-25)30(39)20-38)31-26-18-28(35-27(26)7-10-34-31)21-1-3-22(4-2-21)32(40)37-13-15-41-16-14-37;32-25-16-20(1-3-28(25)36-11-13-40-14-12-36)27-17-24-26(35-27)5-8-34-31(24)21-2-4-29(22(15-21)18-33)41-23-6-9-37(10-7-23)30(39)19-38;1-37-29(36)19-4-2-18(3-5-19)25-15-23-24(32-25)8-11-31-28(23)20-6-7-26(21(14-20)16-30)38-22-9-12-33(13-10-22)27(35)17-34/h1-7,10,17-18,25,35,38H,8-9,11-16,20H2;1-5,8,15-17,23,35,38H,6-7,9-14,19H2;2-8,11,14-15,22,32,34H,9-10,12-13,17H2,1H3. The molecule has 616 valence electrons. The van der Waals surface area contributed by atoms with Crippen LogP contribution < -0.4 is 19.1 Å².